The number of nitrogens with zero attached hydrogens (tertiary/aromatic N) is 2. The smallest absolute Gasteiger partial charge is 0.132 e. The van der Waals surface area contributed by atoms with Gasteiger partial charge in [-0.2, -0.15) is 0 Å². The van der Waals surface area contributed by atoms with Crippen LogP contribution < -0.4 is 9.47 Å². The number of methoxy groups -OCH3 is 1. The summed E-state index contributed by atoms with van der Waals surface area (Å²) >= 11 is 0. The molecule has 2 heterocycles. The van der Waals surface area contributed by atoms with Crippen molar-refractivity contribution >= 4 is 10.9 Å². The highest BCUT2D eigenvalue weighted by molar-refractivity contribution is 5.87. The first-order valence-electron chi connectivity index (χ1n) is 10.5. The van der Waals surface area contributed by atoms with Gasteiger partial charge in [0.2, 0.25) is 0 Å². The third kappa shape index (κ3) is 4.53. The molecule has 0 bridgehead atoms. The zero-order chi connectivity index (χ0) is 22.0. The molecule has 0 saturated carbocycles. The topological polar surface area (TPSA) is 44.2 Å². The second-order valence-electron chi connectivity index (χ2n) is 8.81. The van der Waals surface area contributed by atoms with Gasteiger partial charge >= 0.3 is 0 Å². The molecule has 4 heteroatoms. The minimum Gasteiger partial charge on any atom is -0.497 e. The van der Waals surface area contributed by atoms with Crippen molar-refractivity contribution in [1.29, 1.82) is 0 Å². The number of pyridine rings is 2. The van der Waals surface area contributed by atoms with Crippen LogP contribution in [0.4, 0.5) is 0 Å². The van der Waals surface area contributed by atoms with Crippen LogP contribution in [0, 0.1) is 6.92 Å². The van der Waals surface area contributed by atoms with E-state index in [0.29, 0.717) is 6.61 Å². The van der Waals surface area contributed by atoms with E-state index in [1.165, 1.54) is 11.1 Å². The van der Waals surface area contributed by atoms with Crippen molar-refractivity contribution in [3.8, 4) is 22.8 Å². The normalized spacial score (nSPS) is 11.5. The van der Waals surface area contributed by atoms with E-state index in [-0.39, 0.29) is 5.41 Å². The van der Waals surface area contributed by atoms with Crippen molar-refractivity contribution < 1.29 is 9.47 Å². The Morgan fingerprint density at radius 2 is 1.71 bits per heavy atom. The SMILES string of the molecule is COc1ccc(COc2cc(-c3ccc(C(C)(C)C)cc3C)nc3ccncc23)cc1. The zero-order valence-corrected chi connectivity index (χ0v) is 18.8. The van der Waals surface area contributed by atoms with Gasteiger partial charge in [0.25, 0.3) is 0 Å². The number of fused-ring (bicyclic) bond motifs is 1. The van der Waals surface area contributed by atoms with Gasteiger partial charge in [-0.15, -0.1) is 0 Å². The Labute approximate surface area is 183 Å². The van der Waals surface area contributed by atoms with E-state index in [1.54, 1.807) is 13.3 Å². The average Bonchev–Trinajstić information content (AvgIpc) is 2.77. The van der Waals surface area contributed by atoms with E-state index in [4.69, 9.17) is 14.5 Å². The van der Waals surface area contributed by atoms with Crippen molar-refractivity contribution in [1.82, 2.24) is 9.97 Å². The van der Waals surface area contributed by atoms with Crippen LogP contribution in [0.2, 0.25) is 0 Å². The van der Waals surface area contributed by atoms with Gasteiger partial charge in [-0.1, -0.05) is 51.1 Å². The van der Waals surface area contributed by atoms with Gasteiger partial charge in [0.05, 0.1) is 23.7 Å². The molecule has 0 aliphatic rings. The van der Waals surface area contributed by atoms with Crippen LogP contribution in [0.3, 0.4) is 0 Å². The first-order valence-corrected chi connectivity index (χ1v) is 10.5. The van der Waals surface area contributed by atoms with Crippen LogP contribution in [0.1, 0.15) is 37.5 Å². The monoisotopic (exact) mass is 412 g/mol. The molecular weight excluding hydrogens is 384 g/mol. The van der Waals surface area contributed by atoms with Gasteiger partial charge in [0.15, 0.2) is 0 Å². The molecule has 4 aromatic rings. The van der Waals surface area contributed by atoms with E-state index in [9.17, 15) is 0 Å². The van der Waals surface area contributed by atoms with E-state index in [0.717, 1.165) is 39.2 Å². The molecule has 0 amide bonds. The molecule has 2 aromatic heterocycles. The zero-order valence-electron chi connectivity index (χ0n) is 18.8. The predicted octanol–water partition coefficient (Wildman–Crippen LogP) is 6.49. The lowest BCUT2D eigenvalue weighted by Crippen LogP contribution is -2.11. The van der Waals surface area contributed by atoms with Gasteiger partial charge < -0.3 is 9.47 Å². The first-order chi connectivity index (χ1) is 14.8. The van der Waals surface area contributed by atoms with Gasteiger partial charge in [-0.05, 0) is 47.2 Å². The lowest BCUT2D eigenvalue weighted by molar-refractivity contribution is 0.309. The number of ether oxygens (including phenoxy) is 2. The molecule has 0 aliphatic carbocycles. The number of aryl methyl sites for hydroxylation is 1. The second kappa shape index (κ2) is 8.38. The molecule has 31 heavy (non-hydrogen) atoms. The lowest BCUT2D eigenvalue weighted by Gasteiger charge is -2.20. The molecule has 2 aromatic carbocycles. The van der Waals surface area contributed by atoms with Crippen LogP contribution in [0.25, 0.3) is 22.2 Å². The number of hydrogen-bond donors (Lipinski definition) is 0. The fourth-order valence-electron chi connectivity index (χ4n) is 3.60. The highest BCUT2D eigenvalue weighted by atomic mass is 16.5. The summed E-state index contributed by atoms with van der Waals surface area (Å²) < 4.78 is 11.5. The van der Waals surface area contributed by atoms with Crippen molar-refractivity contribution in [2.24, 2.45) is 0 Å². The van der Waals surface area contributed by atoms with Crippen LogP contribution in [-0.4, -0.2) is 17.1 Å². The third-order valence-corrected chi connectivity index (χ3v) is 5.49. The number of hydrogen-bond acceptors (Lipinski definition) is 4. The van der Waals surface area contributed by atoms with Gasteiger partial charge in [-0.25, -0.2) is 4.98 Å². The molecular formula is C27H28N2O2. The van der Waals surface area contributed by atoms with E-state index in [1.807, 2.05) is 42.6 Å². The Morgan fingerprint density at radius 3 is 2.39 bits per heavy atom. The fourth-order valence-corrected chi connectivity index (χ4v) is 3.60. The molecule has 4 nitrogen and oxygen atoms in total. The van der Waals surface area contributed by atoms with E-state index >= 15 is 0 Å². The minimum absolute atomic E-state index is 0.110. The van der Waals surface area contributed by atoms with Crippen molar-refractivity contribution in [3.05, 3.63) is 83.7 Å². The Kier molecular flexibility index (Phi) is 5.64. The molecule has 0 spiro atoms. The number of rotatable bonds is 5. The molecule has 0 fully saturated rings. The van der Waals surface area contributed by atoms with Crippen LogP contribution in [-0.2, 0) is 12.0 Å². The predicted molar refractivity (Wildman–Crippen MR) is 126 cm³/mol. The summed E-state index contributed by atoms with van der Waals surface area (Å²) in [5.41, 5.74) is 6.59. The van der Waals surface area contributed by atoms with E-state index in [2.05, 4.69) is 50.9 Å². The first kappa shape index (κ1) is 20.9. The largest absolute Gasteiger partial charge is 0.497 e. The van der Waals surface area contributed by atoms with Crippen LogP contribution in [0.15, 0.2) is 67.0 Å². The minimum atomic E-state index is 0.110. The summed E-state index contributed by atoms with van der Waals surface area (Å²) in [4.78, 5) is 9.17. The molecule has 0 saturated heterocycles. The number of aromatic nitrogens is 2. The molecule has 0 N–H and O–H groups in total. The van der Waals surface area contributed by atoms with Crippen LogP contribution >= 0.6 is 0 Å². The highest BCUT2D eigenvalue weighted by Crippen LogP contribution is 2.33. The molecule has 0 unspecified atom stereocenters. The molecule has 158 valence electrons. The maximum absolute atomic E-state index is 6.24. The Hall–Kier alpha value is -3.40. The van der Waals surface area contributed by atoms with E-state index < -0.39 is 0 Å². The summed E-state index contributed by atoms with van der Waals surface area (Å²) in [6.07, 6.45) is 3.58. The van der Waals surface area contributed by atoms with Gasteiger partial charge in [-0.3, -0.25) is 4.98 Å². The van der Waals surface area contributed by atoms with Gasteiger partial charge in [0.1, 0.15) is 18.1 Å². The molecule has 0 atom stereocenters. The summed E-state index contributed by atoms with van der Waals surface area (Å²) in [5, 5.41) is 0.906. The Morgan fingerprint density at radius 1 is 0.935 bits per heavy atom. The summed E-state index contributed by atoms with van der Waals surface area (Å²) in [6, 6.07) is 18.5. The van der Waals surface area contributed by atoms with Crippen molar-refractivity contribution in [3.63, 3.8) is 0 Å². The number of benzene rings is 2. The van der Waals surface area contributed by atoms with Crippen molar-refractivity contribution in [2.75, 3.05) is 7.11 Å². The average molecular weight is 413 g/mol. The maximum Gasteiger partial charge on any atom is 0.132 e. The Bertz CT molecular complexity index is 1210. The highest BCUT2D eigenvalue weighted by Gasteiger charge is 2.16. The van der Waals surface area contributed by atoms with Crippen LogP contribution in [0.5, 0.6) is 11.5 Å². The second-order valence-corrected chi connectivity index (χ2v) is 8.81. The van der Waals surface area contributed by atoms with Crippen molar-refractivity contribution in [2.45, 2.75) is 39.7 Å². The fraction of sp³-hybridized carbons (Fsp3) is 0.259. The summed E-state index contributed by atoms with van der Waals surface area (Å²) in [7, 11) is 1.67. The molecule has 0 aliphatic heterocycles. The molecule has 4 rings (SSSR count). The third-order valence-electron chi connectivity index (χ3n) is 5.49. The van der Waals surface area contributed by atoms with Gasteiger partial charge in [0, 0.05) is 24.0 Å². The lowest BCUT2D eigenvalue weighted by atomic mass is 9.85. The quantitative estimate of drug-likeness (QED) is 0.376. The Balaban J connectivity index is 1.71. The maximum atomic E-state index is 6.24. The molecule has 0 radical (unpaired) electrons. The summed E-state index contributed by atoms with van der Waals surface area (Å²) in [5.74, 6) is 1.61. The standard InChI is InChI=1S/C27H28N2O2/c1-18-14-20(27(2,3)4)8-11-22(18)25-15-26(23-16-28-13-12-24(23)29-25)31-17-19-6-9-21(30-5)10-7-19/h6-16H,17H2,1-5H3. The summed E-state index contributed by atoms with van der Waals surface area (Å²) in [6.45, 7) is 9.29.